The molecule has 0 atom stereocenters. The number of amides is 3. The average molecular weight is 548 g/mol. The quantitative estimate of drug-likeness (QED) is 0.378. The van der Waals surface area contributed by atoms with Gasteiger partial charge in [0, 0.05) is 30.8 Å². The van der Waals surface area contributed by atoms with Crippen molar-refractivity contribution in [3.05, 3.63) is 65.9 Å². The molecule has 0 saturated heterocycles. The van der Waals surface area contributed by atoms with Crippen LogP contribution in [0.3, 0.4) is 0 Å². The molecule has 0 saturated carbocycles. The Morgan fingerprint density at radius 3 is 2.15 bits per heavy atom. The number of ether oxygens (including phenoxy) is 2. The lowest BCUT2D eigenvalue weighted by Crippen LogP contribution is -2.42. The summed E-state index contributed by atoms with van der Waals surface area (Å²) in [5.41, 5.74) is 0.453. The minimum absolute atomic E-state index is 0.0708. The van der Waals surface area contributed by atoms with Crippen LogP contribution < -0.4 is 15.4 Å². The van der Waals surface area contributed by atoms with Gasteiger partial charge >= 0.3 is 12.2 Å². The normalized spacial score (nSPS) is 11.7. The third-order valence-corrected chi connectivity index (χ3v) is 5.71. The van der Waals surface area contributed by atoms with Gasteiger partial charge in [0.25, 0.3) is 0 Å². The van der Waals surface area contributed by atoms with Crippen LogP contribution in [0, 0.1) is 0 Å². The van der Waals surface area contributed by atoms with E-state index in [1.54, 1.807) is 42.1 Å². The van der Waals surface area contributed by atoms with Crippen molar-refractivity contribution in [3.8, 4) is 11.4 Å². The number of methoxy groups -OCH3 is 2. The van der Waals surface area contributed by atoms with Crippen LogP contribution in [0.4, 0.5) is 29.5 Å². The van der Waals surface area contributed by atoms with Gasteiger partial charge in [-0.3, -0.25) is 4.79 Å². The molecular weight excluding hydrogens is 515 g/mol. The summed E-state index contributed by atoms with van der Waals surface area (Å²) in [6.45, 7) is 5.87. The number of anilines is 2. The molecule has 0 aliphatic heterocycles. The number of halogens is 3. The summed E-state index contributed by atoms with van der Waals surface area (Å²) in [6, 6.07) is 12.3. The lowest BCUT2D eigenvalue weighted by Gasteiger charge is -2.22. The van der Waals surface area contributed by atoms with Gasteiger partial charge < -0.3 is 25.0 Å². The molecule has 0 fully saturated rings. The Balaban J connectivity index is 1.78. The van der Waals surface area contributed by atoms with Crippen LogP contribution in [0.5, 0.6) is 5.75 Å². The van der Waals surface area contributed by atoms with Crippen molar-refractivity contribution in [2.45, 2.75) is 32.4 Å². The monoisotopic (exact) mass is 547 g/mol. The molecule has 0 bridgehead atoms. The Morgan fingerprint density at radius 2 is 1.62 bits per heavy atom. The van der Waals surface area contributed by atoms with E-state index in [0.717, 1.165) is 30.0 Å². The summed E-state index contributed by atoms with van der Waals surface area (Å²) in [4.78, 5) is 27.2. The number of benzene rings is 2. The Labute approximate surface area is 224 Å². The van der Waals surface area contributed by atoms with Crippen LogP contribution in [0.2, 0.25) is 0 Å². The highest BCUT2D eigenvalue weighted by molar-refractivity contribution is 5.96. The molecule has 210 valence electrons. The number of nitrogens with one attached hydrogen (secondary N) is 2. The highest BCUT2D eigenvalue weighted by Gasteiger charge is 2.30. The summed E-state index contributed by atoms with van der Waals surface area (Å²) >= 11 is 0. The third kappa shape index (κ3) is 7.96. The van der Waals surface area contributed by atoms with Crippen LogP contribution in [-0.4, -0.2) is 60.5 Å². The topological polar surface area (TPSA) is 97.7 Å². The molecular formula is C27H32F3N5O4. The fourth-order valence-electron chi connectivity index (χ4n) is 3.51. The van der Waals surface area contributed by atoms with Crippen molar-refractivity contribution in [2.75, 3.05) is 44.5 Å². The summed E-state index contributed by atoms with van der Waals surface area (Å²) in [7, 11) is 3.02. The zero-order chi connectivity index (χ0) is 28.8. The van der Waals surface area contributed by atoms with Crippen LogP contribution in [0.25, 0.3) is 5.69 Å². The lowest BCUT2D eigenvalue weighted by atomic mass is 9.92. The first-order chi connectivity index (χ1) is 18.3. The lowest BCUT2D eigenvalue weighted by molar-refractivity contribution is -0.137. The van der Waals surface area contributed by atoms with Gasteiger partial charge in [-0.25, -0.2) is 9.48 Å². The van der Waals surface area contributed by atoms with E-state index in [9.17, 15) is 22.8 Å². The fourth-order valence-corrected chi connectivity index (χ4v) is 3.51. The van der Waals surface area contributed by atoms with Gasteiger partial charge in [0.15, 0.2) is 0 Å². The number of urea groups is 1. The van der Waals surface area contributed by atoms with E-state index in [4.69, 9.17) is 9.47 Å². The molecule has 3 aromatic rings. The molecule has 0 aliphatic rings. The average Bonchev–Trinajstić information content (AvgIpc) is 3.30. The SMILES string of the molecule is COCCN(CC(=O)Nc1cc(C(C)(C)C)nn1-c1ccc(OC)cc1)C(=O)Nc1ccc(C(F)(F)F)cc1. The number of rotatable bonds is 9. The number of hydrogen-bond donors (Lipinski definition) is 2. The summed E-state index contributed by atoms with van der Waals surface area (Å²) in [5.74, 6) is 0.578. The first kappa shape index (κ1) is 29.5. The smallest absolute Gasteiger partial charge is 0.416 e. The highest BCUT2D eigenvalue weighted by Crippen LogP contribution is 2.30. The molecule has 1 heterocycles. The molecule has 2 N–H and O–H groups in total. The maximum atomic E-state index is 13.1. The Kier molecular flexibility index (Phi) is 9.23. The first-order valence-electron chi connectivity index (χ1n) is 12.1. The molecule has 1 aromatic heterocycles. The number of carbonyl (C=O) groups excluding carboxylic acids is 2. The van der Waals surface area contributed by atoms with E-state index in [1.807, 2.05) is 20.8 Å². The number of aromatic nitrogens is 2. The van der Waals surface area contributed by atoms with Gasteiger partial charge in [-0.05, 0) is 48.5 Å². The van der Waals surface area contributed by atoms with Crippen molar-refractivity contribution in [1.29, 1.82) is 0 Å². The van der Waals surface area contributed by atoms with E-state index in [2.05, 4.69) is 15.7 Å². The Bertz CT molecular complexity index is 1270. The van der Waals surface area contributed by atoms with Gasteiger partial charge in [-0.1, -0.05) is 20.8 Å². The molecule has 2 aromatic carbocycles. The second-order valence-electron chi connectivity index (χ2n) is 9.74. The fraction of sp³-hybridized carbons (Fsp3) is 0.370. The minimum Gasteiger partial charge on any atom is -0.497 e. The van der Waals surface area contributed by atoms with Crippen LogP contribution in [0.15, 0.2) is 54.6 Å². The van der Waals surface area contributed by atoms with Crippen LogP contribution in [-0.2, 0) is 21.1 Å². The van der Waals surface area contributed by atoms with Gasteiger partial charge in [-0.2, -0.15) is 18.3 Å². The number of nitrogens with zero attached hydrogens (tertiary/aromatic N) is 3. The Morgan fingerprint density at radius 1 is 0.974 bits per heavy atom. The summed E-state index contributed by atoms with van der Waals surface area (Å²) < 4.78 is 50.4. The van der Waals surface area contributed by atoms with Crippen molar-refractivity contribution in [1.82, 2.24) is 14.7 Å². The maximum absolute atomic E-state index is 13.1. The van der Waals surface area contributed by atoms with E-state index in [1.165, 1.54) is 12.0 Å². The van der Waals surface area contributed by atoms with E-state index in [0.29, 0.717) is 17.3 Å². The number of alkyl halides is 3. The second-order valence-corrected chi connectivity index (χ2v) is 9.74. The van der Waals surface area contributed by atoms with Crippen molar-refractivity contribution in [2.24, 2.45) is 0 Å². The summed E-state index contributed by atoms with van der Waals surface area (Å²) in [5, 5.41) is 10.0. The van der Waals surface area contributed by atoms with Gasteiger partial charge in [-0.15, -0.1) is 0 Å². The largest absolute Gasteiger partial charge is 0.497 e. The zero-order valence-electron chi connectivity index (χ0n) is 22.4. The van der Waals surface area contributed by atoms with Crippen molar-refractivity contribution in [3.63, 3.8) is 0 Å². The molecule has 39 heavy (non-hydrogen) atoms. The highest BCUT2D eigenvalue weighted by atomic mass is 19.4. The van der Waals surface area contributed by atoms with Crippen molar-refractivity contribution >= 4 is 23.4 Å². The van der Waals surface area contributed by atoms with Crippen molar-refractivity contribution < 1.29 is 32.2 Å². The van der Waals surface area contributed by atoms with Gasteiger partial charge in [0.2, 0.25) is 5.91 Å². The first-order valence-corrected chi connectivity index (χ1v) is 12.1. The van der Waals surface area contributed by atoms with E-state index < -0.39 is 23.7 Å². The second kappa shape index (κ2) is 12.2. The minimum atomic E-state index is -4.49. The molecule has 0 spiro atoms. The van der Waals surface area contributed by atoms with E-state index >= 15 is 0 Å². The van der Waals surface area contributed by atoms with Crippen LogP contribution >= 0.6 is 0 Å². The molecule has 0 unspecified atom stereocenters. The van der Waals surface area contributed by atoms with Gasteiger partial charge in [0.1, 0.15) is 18.1 Å². The standard InChI is InChI=1S/C27H32F3N5O4/c1-26(2,3)22-16-23(35(33-22)20-10-12-21(39-5)13-11-20)32-24(36)17-34(14-15-38-4)25(37)31-19-8-6-18(7-9-19)27(28,29)30/h6-13,16H,14-15,17H2,1-5H3,(H,31,37)(H,32,36). The molecule has 0 radical (unpaired) electrons. The van der Waals surface area contributed by atoms with Gasteiger partial charge in [0.05, 0.1) is 30.7 Å². The molecule has 3 rings (SSSR count). The number of hydrogen-bond acceptors (Lipinski definition) is 5. The molecule has 3 amide bonds. The van der Waals surface area contributed by atoms with E-state index in [-0.39, 0.29) is 30.8 Å². The number of carbonyl (C=O) groups is 2. The predicted octanol–water partition coefficient (Wildman–Crippen LogP) is 5.32. The molecule has 9 nitrogen and oxygen atoms in total. The summed E-state index contributed by atoms with van der Waals surface area (Å²) in [6.07, 6.45) is -4.49. The zero-order valence-corrected chi connectivity index (χ0v) is 22.4. The predicted molar refractivity (Wildman–Crippen MR) is 141 cm³/mol. The Hall–Kier alpha value is -4.06. The van der Waals surface area contributed by atoms with Crippen LogP contribution in [0.1, 0.15) is 32.0 Å². The molecule has 12 heteroatoms. The molecule has 0 aliphatic carbocycles. The third-order valence-electron chi connectivity index (χ3n) is 5.71. The maximum Gasteiger partial charge on any atom is 0.416 e.